The van der Waals surface area contributed by atoms with E-state index in [0.717, 1.165) is 12.8 Å². The number of nitrogens with one attached hydrogen (secondary N) is 1. The average molecular weight is 402 g/mol. The lowest BCUT2D eigenvalue weighted by atomic mass is 10.2. The van der Waals surface area contributed by atoms with Crippen LogP contribution in [-0.2, 0) is 17.5 Å². The number of carbonyl (C=O) groups is 1. The van der Waals surface area contributed by atoms with Gasteiger partial charge in [-0.3, -0.25) is 9.48 Å². The van der Waals surface area contributed by atoms with Crippen molar-refractivity contribution < 1.29 is 22.7 Å². The fraction of sp³-hybridized carbons (Fsp3) is 0.444. The Labute approximate surface area is 159 Å². The van der Waals surface area contributed by atoms with Gasteiger partial charge in [-0.1, -0.05) is 11.6 Å². The maximum Gasteiger partial charge on any atom is 0.436 e. The lowest BCUT2D eigenvalue weighted by Gasteiger charge is -2.09. The summed E-state index contributed by atoms with van der Waals surface area (Å²) in [6.07, 6.45) is -3.07. The molecule has 0 bridgehead atoms. The molecule has 0 radical (unpaired) electrons. The van der Waals surface area contributed by atoms with E-state index in [1.807, 2.05) is 6.92 Å². The molecule has 2 aromatic rings. The molecule has 0 unspecified atom stereocenters. The predicted octanol–water partition coefficient (Wildman–Crippen LogP) is 4.86. The van der Waals surface area contributed by atoms with Gasteiger partial charge in [0.05, 0.1) is 23.9 Å². The summed E-state index contributed by atoms with van der Waals surface area (Å²) < 4.78 is 45.7. The summed E-state index contributed by atoms with van der Waals surface area (Å²) in [6, 6.07) is 6.86. The smallest absolute Gasteiger partial charge is 0.436 e. The van der Waals surface area contributed by atoms with Crippen LogP contribution in [-0.4, -0.2) is 22.3 Å². The van der Waals surface area contributed by atoms with Crippen LogP contribution < -0.4 is 10.1 Å². The zero-order valence-electron chi connectivity index (χ0n) is 14.6. The van der Waals surface area contributed by atoms with Gasteiger partial charge in [0.2, 0.25) is 5.91 Å². The van der Waals surface area contributed by atoms with Crippen LogP contribution in [0, 0.1) is 0 Å². The van der Waals surface area contributed by atoms with Gasteiger partial charge in [-0.2, -0.15) is 18.3 Å². The Morgan fingerprint density at radius 1 is 1.33 bits per heavy atom. The number of carbonyl (C=O) groups excluding carboxylic acids is 1. The van der Waals surface area contributed by atoms with Crippen LogP contribution >= 0.6 is 11.6 Å². The molecule has 1 N–H and O–H groups in total. The first-order valence-electron chi connectivity index (χ1n) is 8.65. The maximum atomic E-state index is 13.0. The highest BCUT2D eigenvalue weighted by Gasteiger charge is 2.41. The van der Waals surface area contributed by atoms with Crippen molar-refractivity contribution in [3.63, 3.8) is 0 Å². The van der Waals surface area contributed by atoms with Crippen molar-refractivity contribution in [1.82, 2.24) is 9.78 Å². The molecule has 1 aromatic carbocycles. The Hall–Kier alpha value is -2.22. The molecular weight excluding hydrogens is 383 g/mol. The van der Waals surface area contributed by atoms with Crippen LogP contribution in [0.25, 0.3) is 0 Å². The van der Waals surface area contributed by atoms with Crippen molar-refractivity contribution in [3.8, 4) is 5.75 Å². The molecule has 1 fully saturated rings. The van der Waals surface area contributed by atoms with E-state index in [2.05, 4.69) is 10.4 Å². The summed E-state index contributed by atoms with van der Waals surface area (Å²) in [6.45, 7) is 2.45. The topological polar surface area (TPSA) is 56.1 Å². The van der Waals surface area contributed by atoms with Gasteiger partial charge >= 0.3 is 6.18 Å². The molecule has 1 heterocycles. The number of hydrogen-bond donors (Lipinski definition) is 1. The molecule has 0 saturated heterocycles. The Balaban J connectivity index is 1.65. The minimum Gasteiger partial charge on any atom is -0.494 e. The molecule has 5 nitrogen and oxygen atoms in total. The quantitative estimate of drug-likeness (QED) is 0.720. The van der Waals surface area contributed by atoms with Crippen LogP contribution in [0.5, 0.6) is 5.75 Å². The van der Waals surface area contributed by atoms with E-state index in [0.29, 0.717) is 23.7 Å². The van der Waals surface area contributed by atoms with Crippen molar-refractivity contribution in [2.45, 2.75) is 44.8 Å². The standard InChI is InChI=1S/C18H19ClF3N3O2/c1-2-27-13-7-5-12(6-8-13)23-14(26)9-10-25-16(11-3-4-11)15(19)17(24-25)18(20,21)22/h5-8,11H,2-4,9-10H2,1H3,(H,23,26). The van der Waals surface area contributed by atoms with Crippen molar-refractivity contribution in [3.05, 3.63) is 40.7 Å². The van der Waals surface area contributed by atoms with Crippen LogP contribution in [0.1, 0.15) is 43.5 Å². The fourth-order valence-electron chi connectivity index (χ4n) is 2.78. The number of amides is 1. The molecule has 27 heavy (non-hydrogen) atoms. The number of nitrogens with zero attached hydrogens (tertiary/aromatic N) is 2. The summed E-state index contributed by atoms with van der Waals surface area (Å²) in [7, 11) is 0. The third-order valence-electron chi connectivity index (χ3n) is 4.16. The van der Waals surface area contributed by atoms with E-state index in [9.17, 15) is 18.0 Å². The van der Waals surface area contributed by atoms with Crippen LogP contribution in [0.15, 0.2) is 24.3 Å². The van der Waals surface area contributed by atoms with Crippen LogP contribution in [0.2, 0.25) is 5.02 Å². The molecule has 0 atom stereocenters. The minimum absolute atomic E-state index is 0.0117. The van der Waals surface area contributed by atoms with Crippen LogP contribution in [0.4, 0.5) is 18.9 Å². The second-order valence-electron chi connectivity index (χ2n) is 6.30. The SMILES string of the molecule is CCOc1ccc(NC(=O)CCn2nc(C(F)(F)F)c(Cl)c2C2CC2)cc1. The van der Waals surface area contributed by atoms with E-state index in [4.69, 9.17) is 16.3 Å². The molecule has 0 aliphatic heterocycles. The van der Waals surface area contributed by atoms with Crippen molar-refractivity contribution in [2.24, 2.45) is 0 Å². The Morgan fingerprint density at radius 3 is 2.56 bits per heavy atom. The van der Waals surface area contributed by atoms with E-state index in [1.54, 1.807) is 24.3 Å². The highest BCUT2D eigenvalue weighted by molar-refractivity contribution is 6.32. The monoisotopic (exact) mass is 401 g/mol. The lowest BCUT2D eigenvalue weighted by Crippen LogP contribution is -2.16. The van der Waals surface area contributed by atoms with Gasteiger partial charge in [0, 0.05) is 18.0 Å². The number of benzene rings is 1. The van der Waals surface area contributed by atoms with E-state index in [-0.39, 0.29) is 29.8 Å². The summed E-state index contributed by atoms with van der Waals surface area (Å²) in [5, 5.41) is 5.97. The molecule has 146 valence electrons. The van der Waals surface area contributed by atoms with E-state index >= 15 is 0 Å². The number of aryl methyl sites for hydroxylation is 1. The molecule has 1 aromatic heterocycles. The number of aromatic nitrogens is 2. The van der Waals surface area contributed by atoms with Gasteiger partial charge < -0.3 is 10.1 Å². The number of alkyl halides is 3. The fourth-order valence-corrected chi connectivity index (χ4v) is 3.18. The first kappa shape index (κ1) is 19.5. The number of hydrogen-bond acceptors (Lipinski definition) is 3. The average Bonchev–Trinajstić information content (AvgIpc) is 3.37. The summed E-state index contributed by atoms with van der Waals surface area (Å²) >= 11 is 5.92. The van der Waals surface area contributed by atoms with Crippen LogP contribution in [0.3, 0.4) is 0 Å². The molecule has 0 spiro atoms. The Morgan fingerprint density at radius 2 is 2.00 bits per heavy atom. The first-order chi connectivity index (χ1) is 12.8. The van der Waals surface area contributed by atoms with Gasteiger partial charge in [-0.25, -0.2) is 0 Å². The predicted molar refractivity (Wildman–Crippen MR) is 95.1 cm³/mol. The van der Waals surface area contributed by atoms with Gasteiger partial charge in [0.25, 0.3) is 0 Å². The summed E-state index contributed by atoms with van der Waals surface area (Å²) in [5.74, 6) is 0.354. The highest BCUT2D eigenvalue weighted by atomic mass is 35.5. The van der Waals surface area contributed by atoms with Crippen molar-refractivity contribution >= 4 is 23.2 Å². The summed E-state index contributed by atoms with van der Waals surface area (Å²) in [5.41, 5.74) is -0.129. The molecule has 1 aliphatic rings. The number of halogens is 4. The molecular formula is C18H19ClF3N3O2. The van der Waals surface area contributed by atoms with Gasteiger partial charge in [0.15, 0.2) is 5.69 Å². The second-order valence-corrected chi connectivity index (χ2v) is 6.68. The Bertz CT molecular complexity index is 814. The number of rotatable bonds is 7. The lowest BCUT2D eigenvalue weighted by molar-refractivity contribution is -0.141. The second kappa shape index (κ2) is 7.80. The van der Waals surface area contributed by atoms with Crippen molar-refractivity contribution in [2.75, 3.05) is 11.9 Å². The third kappa shape index (κ3) is 4.74. The number of anilines is 1. The van der Waals surface area contributed by atoms with Crippen molar-refractivity contribution in [1.29, 1.82) is 0 Å². The molecule has 3 rings (SSSR count). The van der Waals surface area contributed by atoms with Gasteiger partial charge in [-0.05, 0) is 44.0 Å². The molecule has 1 aliphatic carbocycles. The largest absolute Gasteiger partial charge is 0.494 e. The maximum absolute atomic E-state index is 13.0. The molecule has 1 amide bonds. The molecule has 9 heteroatoms. The summed E-state index contributed by atoms with van der Waals surface area (Å²) in [4.78, 5) is 12.1. The molecule has 1 saturated carbocycles. The first-order valence-corrected chi connectivity index (χ1v) is 9.03. The van der Waals surface area contributed by atoms with E-state index < -0.39 is 11.9 Å². The third-order valence-corrected chi connectivity index (χ3v) is 4.54. The minimum atomic E-state index is -4.61. The number of ether oxygens (including phenoxy) is 1. The van der Waals surface area contributed by atoms with Gasteiger partial charge in [0.1, 0.15) is 5.75 Å². The normalized spacial score (nSPS) is 14.3. The highest BCUT2D eigenvalue weighted by Crippen LogP contribution is 2.46. The zero-order valence-corrected chi connectivity index (χ0v) is 15.4. The Kier molecular flexibility index (Phi) is 5.64. The zero-order chi connectivity index (χ0) is 19.6. The van der Waals surface area contributed by atoms with Gasteiger partial charge in [-0.15, -0.1) is 0 Å². The van der Waals surface area contributed by atoms with E-state index in [1.165, 1.54) is 4.68 Å².